The monoisotopic (exact) mass is 627 g/mol. The van der Waals surface area contributed by atoms with E-state index in [-0.39, 0.29) is 5.91 Å². The highest BCUT2D eigenvalue weighted by Crippen LogP contribution is 2.41. The van der Waals surface area contributed by atoms with Gasteiger partial charge in [-0.05, 0) is 70.1 Å². The van der Waals surface area contributed by atoms with E-state index >= 15 is 0 Å². The van der Waals surface area contributed by atoms with E-state index in [1.165, 1.54) is 16.7 Å². The highest BCUT2D eigenvalue weighted by atomic mass is 127. The first-order valence-corrected chi connectivity index (χ1v) is 12.7. The maximum absolute atomic E-state index is 13.1. The summed E-state index contributed by atoms with van der Waals surface area (Å²) in [6.07, 6.45) is 1.79. The number of carbonyl (C=O) groups is 1. The van der Waals surface area contributed by atoms with Gasteiger partial charge in [0.2, 0.25) is 0 Å². The predicted molar refractivity (Wildman–Crippen MR) is 149 cm³/mol. The summed E-state index contributed by atoms with van der Waals surface area (Å²) in [4.78, 5) is 15.0. The van der Waals surface area contributed by atoms with Gasteiger partial charge in [-0.15, -0.1) is 0 Å². The van der Waals surface area contributed by atoms with Crippen molar-refractivity contribution in [2.45, 2.75) is 6.61 Å². The van der Waals surface area contributed by atoms with Crippen LogP contribution < -0.4 is 14.4 Å². The van der Waals surface area contributed by atoms with Crippen LogP contribution in [0.1, 0.15) is 11.1 Å². The molecule has 1 amide bonds. The van der Waals surface area contributed by atoms with Gasteiger partial charge in [-0.1, -0.05) is 77.5 Å². The van der Waals surface area contributed by atoms with Crippen molar-refractivity contribution < 1.29 is 14.3 Å². The van der Waals surface area contributed by atoms with Crippen LogP contribution in [0.4, 0.5) is 5.69 Å². The van der Waals surface area contributed by atoms with Crippen molar-refractivity contribution in [2.24, 2.45) is 0 Å². The Hall–Kier alpha value is -1.78. The average molecular weight is 628 g/mol. The van der Waals surface area contributed by atoms with Crippen LogP contribution in [0.5, 0.6) is 11.5 Å². The smallest absolute Gasteiger partial charge is 0.270 e. The largest absolute Gasteiger partial charge is 0.493 e. The molecule has 0 radical (unpaired) electrons. The fourth-order valence-electron chi connectivity index (χ4n) is 3.18. The first-order chi connectivity index (χ1) is 15.9. The SMILES string of the molecule is COc1cc(/C=C2\SC(=S)N(c3ccc(Cl)cc3Cl)C2=O)cc(I)c1OCc1ccccc1. The van der Waals surface area contributed by atoms with Crippen LogP contribution in [-0.4, -0.2) is 17.3 Å². The van der Waals surface area contributed by atoms with Crippen LogP contribution in [0.3, 0.4) is 0 Å². The van der Waals surface area contributed by atoms with Crippen LogP contribution in [-0.2, 0) is 11.4 Å². The van der Waals surface area contributed by atoms with Crippen LogP contribution in [0.15, 0.2) is 65.6 Å². The highest BCUT2D eigenvalue weighted by molar-refractivity contribution is 14.1. The number of halogens is 3. The Bertz CT molecular complexity index is 1270. The zero-order valence-electron chi connectivity index (χ0n) is 17.2. The molecule has 0 N–H and O–H groups in total. The molecule has 0 atom stereocenters. The maximum Gasteiger partial charge on any atom is 0.270 e. The van der Waals surface area contributed by atoms with Gasteiger partial charge < -0.3 is 9.47 Å². The van der Waals surface area contributed by atoms with E-state index in [0.29, 0.717) is 43.1 Å². The molecule has 1 fully saturated rings. The first kappa shape index (κ1) is 24.3. The molecule has 0 unspecified atom stereocenters. The molecule has 0 bridgehead atoms. The average Bonchev–Trinajstić information content (AvgIpc) is 3.06. The second-order valence-electron chi connectivity index (χ2n) is 6.92. The quantitative estimate of drug-likeness (QED) is 0.160. The number of thioether (sulfide) groups is 1. The van der Waals surface area contributed by atoms with Crippen LogP contribution in [0.25, 0.3) is 6.08 Å². The van der Waals surface area contributed by atoms with Gasteiger partial charge in [-0.3, -0.25) is 9.69 Å². The van der Waals surface area contributed by atoms with Crippen molar-refractivity contribution in [2.75, 3.05) is 12.0 Å². The third-order valence-corrected chi connectivity index (χ3v) is 7.36. The number of amides is 1. The lowest BCUT2D eigenvalue weighted by molar-refractivity contribution is -0.113. The zero-order chi connectivity index (χ0) is 23.5. The molecule has 3 aromatic carbocycles. The summed E-state index contributed by atoms with van der Waals surface area (Å²) in [5, 5.41) is 0.845. The molecule has 0 aromatic heterocycles. The molecule has 3 aromatic rings. The molecule has 1 aliphatic heterocycles. The first-order valence-electron chi connectivity index (χ1n) is 9.64. The van der Waals surface area contributed by atoms with E-state index in [4.69, 9.17) is 44.9 Å². The molecule has 168 valence electrons. The molecule has 1 aliphatic rings. The normalized spacial score (nSPS) is 14.8. The van der Waals surface area contributed by atoms with Crippen molar-refractivity contribution in [3.63, 3.8) is 0 Å². The fraction of sp³-hybridized carbons (Fsp3) is 0.0833. The standard InChI is InChI=1S/C24H16Cl2INO3S2/c1-30-20-10-15(9-18(27)22(20)31-13-14-5-3-2-4-6-14)11-21-23(29)28(24(32)33-21)19-8-7-16(25)12-17(19)26/h2-12H,13H2,1H3/b21-11-. The van der Waals surface area contributed by atoms with Gasteiger partial charge in [0.15, 0.2) is 15.8 Å². The van der Waals surface area contributed by atoms with Gasteiger partial charge >= 0.3 is 0 Å². The van der Waals surface area contributed by atoms with E-state index in [1.807, 2.05) is 42.5 Å². The summed E-state index contributed by atoms with van der Waals surface area (Å²) in [5.41, 5.74) is 2.36. The van der Waals surface area contributed by atoms with E-state index < -0.39 is 0 Å². The van der Waals surface area contributed by atoms with Crippen molar-refractivity contribution in [3.05, 3.63) is 90.3 Å². The lowest BCUT2D eigenvalue weighted by Gasteiger charge is -2.16. The Morgan fingerprint density at radius 3 is 2.58 bits per heavy atom. The summed E-state index contributed by atoms with van der Waals surface area (Å²) in [5.74, 6) is 0.993. The lowest BCUT2D eigenvalue weighted by Crippen LogP contribution is -2.27. The number of carbonyl (C=O) groups excluding carboxylic acids is 1. The van der Waals surface area contributed by atoms with Crippen molar-refractivity contribution in [1.29, 1.82) is 0 Å². The number of hydrogen-bond donors (Lipinski definition) is 0. The predicted octanol–water partition coefficient (Wildman–Crippen LogP) is 7.59. The van der Waals surface area contributed by atoms with Crippen molar-refractivity contribution in [1.82, 2.24) is 0 Å². The summed E-state index contributed by atoms with van der Waals surface area (Å²) in [6.45, 7) is 0.424. The minimum atomic E-state index is -0.243. The van der Waals surface area contributed by atoms with Gasteiger partial charge in [0.1, 0.15) is 6.61 Å². The molecular weight excluding hydrogens is 612 g/mol. The molecule has 1 heterocycles. The second kappa shape index (κ2) is 10.7. The molecule has 0 saturated carbocycles. The van der Waals surface area contributed by atoms with E-state index in [0.717, 1.165) is 14.7 Å². The van der Waals surface area contributed by atoms with Gasteiger partial charge in [-0.2, -0.15) is 0 Å². The number of thiocarbonyl (C=S) groups is 1. The molecule has 1 saturated heterocycles. The lowest BCUT2D eigenvalue weighted by atomic mass is 10.1. The van der Waals surface area contributed by atoms with Crippen LogP contribution in [0, 0.1) is 3.57 Å². The Morgan fingerprint density at radius 2 is 1.88 bits per heavy atom. The zero-order valence-corrected chi connectivity index (χ0v) is 22.5. The third kappa shape index (κ3) is 5.49. The van der Waals surface area contributed by atoms with Gasteiger partial charge in [0.05, 0.1) is 26.3 Å². The Kier molecular flexibility index (Phi) is 7.86. The van der Waals surface area contributed by atoms with Gasteiger partial charge in [0.25, 0.3) is 5.91 Å². The number of anilines is 1. The minimum absolute atomic E-state index is 0.243. The van der Waals surface area contributed by atoms with Gasteiger partial charge in [-0.25, -0.2) is 0 Å². The minimum Gasteiger partial charge on any atom is -0.493 e. The third-order valence-electron chi connectivity index (χ3n) is 4.72. The Labute approximate surface area is 225 Å². The van der Waals surface area contributed by atoms with E-state index in [9.17, 15) is 4.79 Å². The molecule has 4 nitrogen and oxygen atoms in total. The topological polar surface area (TPSA) is 38.8 Å². The molecule has 33 heavy (non-hydrogen) atoms. The summed E-state index contributed by atoms with van der Waals surface area (Å²) < 4.78 is 12.9. The summed E-state index contributed by atoms with van der Waals surface area (Å²) >= 11 is 21.2. The summed E-state index contributed by atoms with van der Waals surface area (Å²) in [7, 11) is 1.59. The molecule has 9 heteroatoms. The molecular formula is C24H16Cl2INO3S2. The van der Waals surface area contributed by atoms with Crippen LogP contribution in [0.2, 0.25) is 10.0 Å². The number of benzene rings is 3. The molecule has 4 rings (SSSR count). The second-order valence-corrected chi connectivity index (χ2v) is 10.6. The fourth-order valence-corrected chi connectivity index (χ4v) is 5.74. The Balaban J connectivity index is 1.60. The number of hydrogen-bond acceptors (Lipinski definition) is 5. The van der Waals surface area contributed by atoms with Crippen LogP contribution >= 0.6 is 69.8 Å². The number of methoxy groups -OCH3 is 1. The Morgan fingerprint density at radius 1 is 1.12 bits per heavy atom. The molecule has 0 aliphatic carbocycles. The van der Waals surface area contributed by atoms with Crippen molar-refractivity contribution >= 4 is 91.8 Å². The number of ether oxygens (including phenoxy) is 2. The number of rotatable bonds is 6. The maximum atomic E-state index is 13.1. The summed E-state index contributed by atoms with van der Waals surface area (Å²) in [6, 6.07) is 18.6. The van der Waals surface area contributed by atoms with E-state index in [1.54, 1.807) is 31.4 Å². The highest BCUT2D eigenvalue weighted by Gasteiger charge is 2.34. The number of nitrogens with zero attached hydrogens (tertiary/aromatic N) is 1. The van der Waals surface area contributed by atoms with Crippen molar-refractivity contribution in [3.8, 4) is 11.5 Å². The molecule has 0 spiro atoms. The van der Waals surface area contributed by atoms with E-state index in [2.05, 4.69) is 22.6 Å². The van der Waals surface area contributed by atoms with Gasteiger partial charge in [0, 0.05) is 5.02 Å².